The van der Waals surface area contributed by atoms with E-state index < -0.39 is 23.6 Å². The average molecular weight is 502 g/mol. The first-order valence-electron chi connectivity index (χ1n) is 12.1. The van der Waals surface area contributed by atoms with Crippen molar-refractivity contribution in [1.29, 1.82) is 0 Å². The minimum absolute atomic E-state index is 0.283. The number of ether oxygens (including phenoxy) is 1. The number of pyridine rings is 1. The molecule has 1 aliphatic rings. The number of nitrogens with zero attached hydrogens (tertiary/aromatic N) is 2. The van der Waals surface area contributed by atoms with Gasteiger partial charge in [-0.15, -0.1) is 0 Å². The van der Waals surface area contributed by atoms with Crippen LogP contribution in [0.5, 0.6) is 0 Å². The number of hydrogen-bond donors (Lipinski definition) is 3. The van der Waals surface area contributed by atoms with Crippen molar-refractivity contribution in [3.05, 3.63) is 83.7 Å². The zero-order valence-corrected chi connectivity index (χ0v) is 21.2. The van der Waals surface area contributed by atoms with Gasteiger partial charge in [0.15, 0.2) is 0 Å². The van der Waals surface area contributed by atoms with Crippen LogP contribution in [0.1, 0.15) is 42.3 Å². The van der Waals surface area contributed by atoms with Crippen LogP contribution in [0.4, 0.5) is 10.5 Å². The van der Waals surface area contributed by atoms with Crippen LogP contribution in [0.3, 0.4) is 0 Å². The normalized spacial score (nSPS) is 13.5. The average Bonchev–Trinajstić information content (AvgIpc) is 3.31. The quantitative estimate of drug-likeness (QED) is 0.270. The molecule has 0 radical (unpaired) electrons. The van der Waals surface area contributed by atoms with E-state index in [4.69, 9.17) is 10.6 Å². The Morgan fingerprint density at radius 1 is 1.05 bits per heavy atom. The smallest absolute Gasteiger partial charge is 0.408 e. The Morgan fingerprint density at radius 3 is 2.41 bits per heavy atom. The van der Waals surface area contributed by atoms with E-state index in [1.165, 1.54) is 0 Å². The Kier molecular flexibility index (Phi) is 7.54. The summed E-state index contributed by atoms with van der Waals surface area (Å²) < 4.78 is 5.44. The van der Waals surface area contributed by atoms with E-state index in [1.54, 1.807) is 44.1 Å². The molecule has 3 aromatic rings. The number of benzene rings is 2. The number of alkyl carbamates (subject to hydrolysis) is 1. The number of nitrogen functional groups attached to an aromatic ring is 1. The highest BCUT2D eigenvalue weighted by Gasteiger charge is 2.34. The van der Waals surface area contributed by atoms with Gasteiger partial charge in [0.1, 0.15) is 11.6 Å². The van der Waals surface area contributed by atoms with Gasteiger partial charge < -0.3 is 15.0 Å². The van der Waals surface area contributed by atoms with Crippen LogP contribution in [0.25, 0.3) is 11.1 Å². The molecule has 4 N–H and O–H groups in total. The fourth-order valence-corrected chi connectivity index (χ4v) is 4.41. The highest BCUT2D eigenvalue weighted by molar-refractivity contribution is 6.05. The first kappa shape index (κ1) is 25.8. The van der Waals surface area contributed by atoms with Crippen LogP contribution in [0.15, 0.2) is 67.0 Å². The molecule has 2 aromatic carbocycles. The highest BCUT2D eigenvalue weighted by atomic mass is 16.6. The summed E-state index contributed by atoms with van der Waals surface area (Å²) >= 11 is 0. The Morgan fingerprint density at radius 2 is 1.76 bits per heavy atom. The molecule has 0 saturated heterocycles. The Balaban J connectivity index is 1.71. The molecule has 2 heterocycles. The summed E-state index contributed by atoms with van der Waals surface area (Å²) in [5.41, 5.74) is 5.73. The largest absolute Gasteiger partial charge is 0.444 e. The van der Waals surface area contributed by atoms with Gasteiger partial charge in [0.05, 0.1) is 0 Å². The van der Waals surface area contributed by atoms with Crippen LogP contribution in [0, 0.1) is 0 Å². The van der Waals surface area contributed by atoms with E-state index in [-0.39, 0.29) is 12.3 Å². The van der Waals surface area contributed by atoms with E-state index in [0.29, 0.717) is 24.2 Å². The molecule has 1 aromatic heterocycles. The molecule has 9 heteroatoms. The summed E-state index contributed by atoms with van der Waals surface area (Å²) in [6.07, 6.45) is 3.41. The molecule has 1 atom stereocenters. The van der Waals surface area contributed by atoms with E-state index >= 15 is 0 Å². The van der Waals surface area contributed by atoms with Crippen molar-refractivity contribution < 1.29 is 19.1 Å². The summed E-state index contributed by atoms with van der Waals surface area (Å²) in [4.78, 5) is 44.9. The molecule has 192 valence electrons. The standard InChI is InChI=1S/C28H31N5O4/c1-28(2,3)37-27(36)31-23(15-18-7-5-4-6-8-18)26(35)33-14-11-21-22(25(34)32-29)16-20(17-24(21)33)19-9-12-30-13-10-19/h4-10,12-13,16-17,23H,11,14-15,29H2,1-3H3,(H,31,36)(H,32,34). The number of anilines is 1. The summed E-state index contributed by atoms with van der Waals surface area (Å²) in [7, 11) is 0. The second-order valence-corrected chi connectivity index (χ2v) is 9.86. The van der Waals surface area contributed by atoms with E-state index in [9.17, 15) is 14.4 Å². The van der Waals surface area contributed by atoms with Crippen LogP contribution < -0.4 is 21.5 Å². The lowest BCUT2D eigenvalue weighted by Gasteiger charge is -2.27. The zero-order chi connectivity index (χ0) is 26.6. The fraction of sp³-hybridized carbons (Fsp3) is 0.286. The summed E-state index contributed by atoms with van der Waals surface area (Å²) in [6, 6.07) is 15.9. The van der Waals surface area contributed by atoms with Crippen LogP contribution >= 0.6 is 0 Å². The van der Waals surface area contributed by atoms with Gasteiger partial charge in [0.2, 0.25) is 5.91 Å². The molecule has 1 unspecified atom stereocenters. The monoisotopic (exact) mass is 501 g/mol. The lowest BCUT2D eigenvalue weighted by atomic mass is 9.97. The van der Waals surface area contributed by atoms with Crippen molar-refractivity contribution in [1.82, 2.24) is 15.7 Å². The van der Waals surface area contributed by atoms with Gasteiger partial charge in [0.25, 0.3) is 5.91 Å². The molecule has 1 aliphatic heterocycles. The fourth-order valence-electron chi connectivity index (χ4n) is 4.41. The number of aromatic nitrogens is 1. The molecule has 0 saturated carbocycles. The van der Waals surface area contributed by atoms with Gasteiger partial charge in [0, 0.05) is 36.6 Å². The van der Waals surface area contributed by atoms with Crippen molar-refractivity contribution in [3.8, 4) is 11.1 Å². The zero-order valence-electron chi connectivity index (χ0n) is 21.2. The second-order valence-electron chi connectivity index (χ2n) is 9.86. The third kappa shape index (κ3) is 6.13. The number of hydrogen-bond acceptors (Lipinski definition) is 6. The number of nitrogens with one attached hydrogen (secondary N) is 2. The van der Waals surface area contributed by atoms with E-state index in [2.05, 4.69) is 15.7 Å². The van der Waals surface area contributed by atoms with Crippen molar-refractivity contribution in [2.24, 2.45) is 5.84 Å². The molecule has 4 rings (SSSR count). The van der Waals surface area contributed by atoms with Crippen LogP contribution in [-0.4, -0.2) is 41.1 Å². The molecular weight excluding hydrogens is 470 g/mol. The maximum atomic E-state index is 13.9. The third-order valence-electron chi connectivity index (χ3n) is 6.03. The molecular formula is C28H31N5O4. The summed E-state index contributed by atoms with van der Waals surface area (Å²) in [5, 5.41) is 2.76. The minimum atomic E-state index is -0.875. The Labute approximate surface area is 216 Å². The van der Waals surface area contributed by atoms with Crippen LogP contribution in [-0.2, 0) is 22.4 Å². The molecule has 0 spiro atoms. The van der Waals surface area contributed by atoms with Crippen molar-refractivity contribution in [2.45, 2.75) is 45.3 Å². The predicted octanol–water partition coefficient (Wildman–Crippen LogP) is 3.38. The predicted molar refractivity (Wildman–Crippen MR) is 141 cm³/mol. The highest BCUT2D eigenvalue weighted by Crippen LogP contribution is 2.36. The molecule has 0 aliphatic carbocycles. The van der Waals surface area contributed by atoms with Gasteiger partial charge in [-0.1, -0.05) is 30.3 Å². The lowest BCUT2D eigenvalue weighted by molar-refractivity contribution is -0.120. The number of nitrogens with two attached hydrogens (primary N) is 1. The number of carbonyl (C=O) groups is 3. The van der Waals surface area contributed by atoms with E-state index in [1.807, 2.05) is 48.5 Å². The van der Waals surface area contributed by atoms with Gasteiger partial charge >= 0.3 is 6.09 Å². The van der Waals surface area contributed by atoms with Gasteiger partial charge in [-0.25, -0.2) is 10.6 Å². The SMILES string of the molecule is CC(C)(C)OC(=O)NC(Cc1ccccc1)C(=O)N1CCc2c(C(=O)NN)cc(-c3ccncc3)cc21. The number of fused-ring (bicyclic) bond motifs is 1. The second kappa shape index (κ2) is 10.8. The lowest BCUT2D eigenvalue weighted by Crippen LogP contribution is -2.50. The Hall–Kier alpha value is -4.24. The summed E-state index contributed by atoms with van der Waals surface area (Å²) in [6.45, 7) is 5.66. The Bertz CT molecular complexity index is 1290. The molecule has 9 nitrogen and oxygen atoms in total. The first-order valence-corrected chi connectivity index (χ1v) is 12.1. The van der Waals surface area contributed by atoms with Crippen molar-refractivity contribution in [2.75, 3.05) is 11.4 Å². The molecule has 0 bridgehead atoms. The number of amides is 3. The molecule has 0 fully saturated rings. The first-order chi connectivity index (χ1) is 17.7. The van der Waals surface area contributed by atoms with Gasteiger partial charge in [-0.3, -0.25) is 20.0 Å². The number of carbonyl (C=O) groups excluding carboxylic acids is 3. The van der Waals surface area contributed by atoms with Gasteiger partial charge in [-0.05, 0) is 73.7 Å². The topological polar surface area (TPSA) is 127 Å². The maximum absolute atomic E-state index is 13.9. The third-order valence-corrected chi connectivity index (χ3v) is 6.03. The number of rotatable bonds is 6. The van der Waals surface area contributed by atoms with Gasteiger partial charge in [-0.2, -0.15) is 0 Å². The minimum Gasteiger partial charge on any atom is -0.444 e. The molecule has 3 amide bonds. The molecule has 37 heavy (non-hydrogen) atoms. The number of hydrazine groups is 1. The van der Waals surface area contributed by atoms with Crippen molar-refractivity contribution >= 4 is 23.6 Å². The van der Waals surface area contributed by atoms with E-state index in [0.717, 1.165) is 22.3 Å². The van der Waals surface area contributed by atoms with Crippen LogP contribution in [0.2, 0.25) is 0 Å². The summed E-state index contributed by atoms with van der Waals surface area (Å²) in [5.74, 6) is 4.74. The maximum Gasteiger partial charge on any atom is 0.408 e. The van der Waals surface area contributed by atoms with Crippen molar-refractivity contribution in [3.63, 3.8) is 0 Å².